The highest BCUT2D eigenvalue weighted by Gasteiger charge is 2.28. The third-order valence-corrected chi connectivity index (χ3v) is 3.18. The molecular weight excluding hydrogens is 204 g/mol. The molecule has 2 rings (SSSR count). The Kier molecular flexibility index (Phi) is 3.56. The molecule has 0 bridgehead atoms. The maximum Gasteiger partial charge on any atom is 0.223 e. The maximum atomic E-state index is 11.7. The van der Waals surface area contributed by atoms with Crippen molar-refractivity contribution in [2.24, 2.45) is 11.8 Å². The van der Waals surface area contributed by atoms with Gasteiger partial charge in [0, 0.05) is 30.8 Å². The van der Waals surface area contributed by atoms with Crippen LogP contribution in [0.25, 0.3) is 0 Å². The summed E-state index contributed by atoms with van der Waals surface area (Å²) in [6.07, 6.45) is 4.24. The number of nitrogens with zero attached hydrogens (tertiary/aromatic N) is 1. The van der Waals surface area contributed by atoms with Gasteiger partial charge in [-0.15, -0.1) is 0 Å². The van der Waals surface area contributed by atoms with E-state index in [9.17, 15) is 4.79 Å². The van der Waals surface area contributed by atoms with Crippen molar-refractivity contribution < 1.29 is 4.79 Å². The van der Waals surface area contributed by atoms with Crippen LogP contribution in [-0.2, 0) is 11.2 Å². The molecule has 1 atom stereocenters. The molecule has 0 saturated carbocycles. The molecule has 1 aromatic heterocycles. The van der Waals surface area contributed by atoms with Crippen LogP contribution in [0.5, 0.6) is 0 Å². The van der Waals surface area contributed by atoms with Gasteiger partial charge in [0.2, 0.25) is 5.91 Å². The number of amides is 1. The normalized spacial score (nSPS) is 17.8. The van der Waals surface area contributed by atoms with Crippen LogP contribution in [0, 0.1) is 11.8 Å². The predicted octanol–water partition coefficient (Wildman–Crippen LogP) is -0.0761. The Morgan fingerprint density at radius 3 is 3.06 bits per heavy atom. The van der Waals surface area contributed by atoms with Crippen LogP contribution in [0.2, 0.25) is 0 Å². The molecule has 16 heavy (non-hydrogen) atoms. The van der Waals surface area contributed by atoms with Crippen LogP contribution in [0.3, 0.4) is 0 Å². The van der Waals surface area contributed by atoms with Gasteiger partial charge in [-0.2, -0.15) is 0 Å². The van der Waals surface area contributed by atoms with Gasteiger partial charge >= 0.3 is 0 Å². The average Bonchev–Trinajstić information content (AvgIpc) is 2.67. The number of aromatic amines is 1. The van der Waals surface area contributed by atoms with Crippen LogP contribution >= 0.6 is 0 Å². The Morgan fingerprint density at radius 2 is 2.50 bits per heavy atom. The minimum Gasteiger partial charge on any atom is -0.355 e. The first-order valence-corrected chi connectivity index (χ1v) is 5.73. The number of nitrogens with one attached hydrogen (secondary N) is 3. The van der Waals surface area contributed by atoms with Crippen molar-refractivity contribution >= 4 is 5.91 Å². The lowest BCUT2D eigenvalue weighted by Crippen LogP contribution is -2.49. The van der Waals surface area contributed by atoms with Crippen molar-refractivity contribution in [1.82, 2.24) is 20.6 Å². The Labute approximate surface area is 95.0 Å². The van der Waals surface area contributed by atoms with Gasteiger partial charge in [0.15, 0.2) is 0 Å². The number of H-pyrrole nitrogens is 1. The molecule has 0 radical (unpaired) electrons. The zero-order valence-electron chi connectivity index (χ0n) is 9.49. The van der Waals surface area contributed by atoms with E-state index in [1.807, 2.05) is 6.92 Å². The highest BCUT2D eigenvalue weighted by Crippen LogP contribution is 2.15. The fourth-order valence-electron chi connectivity index (χ4n) is 1.78. The highest BCUT2D eigenvalue weighted by molar-refractivity contribution is 5.78. The zero-order chi connectivity index (χ0) is 11.4. The molecule has 1 unspecified atom stereocenters. The van der Waals surface area contributed by atoms with E-state index < -0.39 is 0 Å². The topological polar surface area (TPSA) is 69.8 Å². The van der Waals surface area contributed by atoms with Gasteiger partial charge in [0.25, 0.3) is 0 Å². The summed E-state index contributed by atoms with van der Waals surface area (Å²) in [6, 6.07) is 0. The predicted molar refractivity (Wildman–Crippen MR) is 60.8 cm³/mol. The van der Waals surface area contributed by atoms with E-state index in [4.69, 9.17) is 0 Å². The minimum atomic E-state index is 0.114. The molecule has 1 aliphatic heterocycles. The lowest BCUT2D eigenvalue weighted by atomic mass is 9.88. The van der Waals surface area contributed by atoms with Crippen LogP contribution < -0.4 is 10.6 Å². The Balaban J connectivity index is 1.67. The largest absolute Gasteiger partial charge is 0.355 e. The van der Waals surface area contributed by atoms with Crippen molar-refractivity contribution in [3.8, 4) is 0 Å². The molecule has 0 spiro atoms. The fraction of sp³-hybridized carbons (Fsp3) is 0.636. The molecule has 1 aromatic rings. The van der Waals surface area contributed by atoms with Crippen molar-refractivity contribution in [1.29, 1.82) is 0 Å². The molecule has 88 valence electrons. The number of carbonyl (C=O) groups is 1. The highest BCUT2D eigenvalue weighted by atomic mass is 16.1. The van der Waals surface area contributed by atoms with Crippen LogP contribution in [0.15, 0.2) is 12.5 Å². The molecule has 1 amide bonds. The molecule has 1 aliphatic rings. The standard InChI is InChI=1S/C11H18N4O/c1-8(9-4-12-5-9)11(16)14-3-2-10-6-13-7-15-10/h6-9,12H,2-5H2,1H3,(H,13,15)(H,14,16). The number of hydrogen-bond acceptors (Lipinski definition) is 3. The number of rotatable bonds is 5. The number of imidazole rings is 1. The molecular formula is C11H18N4O. The van der Waals surface area contributed by atoms with Gasteiger partial charge in [-0.25, -0.2) is 4.98 Å². The van der Waals surface area contributed by atoms with E-state index in [-0.39, 0.29) is 11.8 Å². The van der Waals surface area contributed by atoms with Crippen LogP contribution in [0.4, 0.5) is 0 Å². The zero-order valence-corrected chi connectivity index (χ0v) is 9.49. The van der Waals surface area contributed by atoms with Gasteiger partial charge in [-0.1, -0.05) is 6.92 Å². The van der Waals surface area contributed by atoms with Gasteiger partial charge in [0.1, 0.15) is 0 Å². The Bertz CT molecular complexity index is 332. The first kappa shape index (κ1) is 11.1. The molecule has 5 heteroatoms. The smallest absolute Gasteiger partial charge is 0.223 e. The molecule has 2 heterocycles. The van der Waals surface area contributed by atoms with E-state index in [1.165, 1.54) is 0 Å². The summed E-state index contributed by atoms with van der Waals surface area (Å²) < 4.78 is 0. The van der Waals surface area contributed by atoms with Crippen molar-refractivity contribution in [3.63, 3.8) is 0 Å². The quantitative estimate of drug-likeness (QED) is 0.653. The first-order chi connectivity index (χ1) is 7.77. The fourth-order valence-corrected chi connectivity index (χ4v) is 1.78. The summed E-state index contributed by atoms with van der Waals surface area (Å²) in [5.41, 5.74) is 1.05. The molecule has 0 aliphatic carbocycles. The molecule has 1 fully saturated rings. The van der Waals surface area contributed by atoms with Crippen LogP contribution in [-0.4, -0.2) is 35.5 Å². The maximum absolute atomic E-state index is 11.7. The van der Waals surface area contributed by atoms with E-state index in [0.29, 0.717) is 12.5 Å². The summed E-state index contributed by atoms with van der Waals surface area (Å²) in [7, 11) is 0. The summed E-state index contributed by atoms with van der Waals surface area (Å²) in [4.78, 5) is 18.7. The summed E-state index contributed by atoms with van der Waals surface area (Å²) in [5.74, 6) is 0.779. The summed E-state index contributed by atoms with van der Waals surface area (Å²) >= 11 is 0. The Hall–Kier alpha value is -1.36. The third kappa shape index (κ3) is 2.61. The molecule has 0 aromatic carbocycles. The van der Waals surface area contributed by atoms with E-state index in [1.54, 1.807) is 12.5 Å². The van der Waals surface area contributed by atoms with Crippen molar-refractivity contribution in [2.75, 3.05) is 19.6 Å². The first-order valence-electron chi connectivity index (χ1n) is 5.73. The second kappa shape index (κ2) is 5.12. The van der Waals surface area contributed by atoms with Crippen molar-refractivity contribution in [3.05, 3.63) is 18.2 Å². The molecule has 5 nitrogen and oxygen atoms in total. The van der Waals surface area contributed by atoms with Gasteiger partial charge in [0.05, 0.1) is 6.33 Å². The third-order valence-electron chi connectivity index (χ3n) is 3.18. The lowest BCUT2D eigenvalue weighted by molar-refractivity contribution is -0.126. The average molecular weight is 222 g/mol. The van der Waals surface area contributed by atoms with Crippen LogP contribution in [0.1, 0.15) is 12.6 Å². The summed E-state index contributed by atoms with van der Waals surface area (Å²) in [5, 5.41) is 6.14. The Morgan fingerprint density at radius 1 is 1.69 bits per heavy atom. The van der Waals surface area contributed by atoms with E-state index >= 15 is 0 Å². The second-order valence-electron chi connectivity index (χ2n) is 4.32. The van der Waals surface area contributed by atoms with Gasteiger partial charge in [-0.3, -0.25) is 4.79 Å². The van der Waals surface area contributed by atoms with Crippen molar-refractivity contribution in [2.45, 2.75) is 13.3 Å². The second-order valence-corrected chi connectivity index (χ2v) is 4.32. The molecule has 1 saturated heterocycles. The number of hydrogen-bond donors (Lipinski definition) is 3. The van der Waals surface area contributed by atoms with E-state index in [0.717, 1.165) is 25.2 Å². The monoisotopic (exact) mass is 222 g/mol. The van der Waals surface area contributed by atoms with Gasteiger partial charge in [-0.05, 0) is 19.0 Å². The minimum absolute atomic E-state index is 0.114. The SMILES string of the molecule is CC(C(=O)NCCc1cnc[nH]1)C1CNC1. The lowest BCUT2D eigenvalue weighted by Gasteiger charge is -2.31. The number of aromatic nitrogens is 2. The number of carbonyl (C=O) groups excluding carboxylic acids is 1. The summed E-state index contributed by atoms with van der Waals surface area (Å²) in [6.45, 7) is 4.60. The van der Waals surface area contributed by atoms with Gasteiger partial charge < -0.3 is 15.6 Å². The van der Waals surface area contributed by atoms with E-state index in [2.05, 4.69) is 20.6 Å². The molecule has 3 N–H and O–H groups in total.